The Kier molecular flexibility index (Phi) is 11.9. The molecule has 0 N–H and O–H groups in total. The average Bonchev–Trinajstić information content (AvgIpc) is 2.97. The summed E-state index contributed by atoms with van der Waals surface area (Å²) in [4.78, 5) is 0. The van der Waals surface area contributed by atoms with Crippen molar-refractivity contribution in [3.8, 4) is 0 Å². The van der Waals surface area contributed by atoms with Crippen LogP contribution in [0, 0.1) is 11.8 Å². The van der Waals surface area contributed by atoms with Crippen molar-refractivity contribution in [1.29, 1.82) is 0 Å². The van der Waals surface area contributed by atoms with Gasteiger partial charge in [0.1, 0.15) is 0 Å². The standard InChI is InChI=1S/2C10H15.C2H7Si.2ClH.Zr/c2*1-8(2)7-10-6-4-5-9(10)3;1-3-2;;;/h2*5,8H,4,7H2,1-3H3;3H,1-2H3;2*1H;. The minimum atomic E-state index is -1.64. The van der Waals surface area contributed by atoms with E-state index >= 15 is 0 Å². The molecule has 0 fully saturated rings. The van der Waals surface area contributed by atoms with Gasteiger partial charge in [0, 0.05) is 0 Å². The van der Waals surface area contributed by atoms with E-state index in [9.17, 15) is 0 Å². The van der Waals surface area contributed by atoms with Crippen LogP contribution in [-0.2, 0) is 20.9 Å². The van der Waals surface area contributed by atoms with E-state index in [1.165, 1.54) is 25.7 Å². The van der Waals surface area contributed by atoms with Crippen molar-refractivity contribution in [1.82, 2.24) is 0 Å². The van der Waals surface area contributed by atoms with Crippen molar-refractivity contribution in [3.05, 3.63) is 41.0 Å². The van der Waals surface area contributed by atoms with E-state index in [4.69, 9.17) is 0 Å². The maximum Gasteiger partial charge on any atom is -0.147 e. The van der Waals surface area contributed by atoms with E-state index < -0.39 is 26.8 Å². The fraction of sp³-hybridized carbons (Fsp3) is 0.636. The van der Waals surface area contributed by atoms with Gasteiger partial charge in [-0.25, -0.2) is 0 Å². The van der Waals surface area contributed by atoms with Gasteiger partial charge in [0.25, 0.3) is 0 Å². The number of hydrogen-bond donors (Lipinski definition) is 0. The van der Waals surface area contributed by atoms with Crippen LogP contribution in [0.2, 0.25) is 13.1 Å². The van der Waals surface area contributed by atoms with Crippen molar-refractivity contribution in [3.63, 3.8) is 0 Å². The Morgan fingerprint density at radius 2 is 1.15 bits per heavy atom. The zero-order valence-electron chi connectivity index (χ0n) is 18.0. The summed E-state index contributed by atoms with van der Waals surface area (Å²) in [5, 5.41) is 0. The molecule has 0 atom stereocenters. The molecule has 0 spiro atoms. The van der Waals surface area contributed by atoms with Crippen LogP contribution in [0.15, 0.2) is 41.0 Å². The van der Waals surface area contributed by atoms with Crippen LogP contribution in [0.1, 0.15) is 67.2 Å². The van der Waals surface area contributed by atoms with E-state index in [-0.39, 0.29) is 24.8 Å². The Labute approximate surface area is 183 Å². The molecule has 2 aliphatic carbocycles. The molecule has 0 radical (unpaired) electrons. The van der Waals surface area contributed by atoms with Crippen molar-refractivity contribution in [2.24, 2.45) is 11.8 Å². The first kappa shape index (κ1) is 26.6. The molecule has 0 amide bonds. The third kappa shape index (κ3) is 6.33. The number of allylic oxidation sites excluding steroid dienone is 8. The van der Waals surface area contributed by atoms with Gasteiger partial charge in [-0.1, -0.05) is 0 Å². The van der Waals surface area contributed by atoms with Gasteiger partial charge in [0.2, 0.25) is 0 Å². The van der Waals surface area contributed by atoms with Gasteiger partial charge >= 0.3 is 160 Å². The van der Waals surface area contributed by atoms with Crippen molar-refractivity contribution in [2.45, 2.75) is 80.3 Å². The summed E-state index contributed by atoms with van der Waals surface area (Å²) in [6.45, 7) is 19.6. The van der Waals surface area contributed by atoms with Gasteiger partial charge in [-0.15, -0.1) is 24.8 Å². The summed E-state index contributed by atoms with van der Waals surface area (Å²) in [6, 6.07) is 0. The molecular formula is C22H39Cl2SiZr. The van der Waals surface area contributed by atoms with Gasteiger partial charge in [-0.05, 0) is 0 Å². The zero-order valence-corrected chi connectivity index (χ0v) is 23.3. The molecule has 2 aliphatic rings. The maximum atomic E-state index is 2.65. The third-order valence-corrected chi connectivity index (χ3v) is 24.8. The second-order valence-electron chi connectivity index (χ2n) is 8.86. The first-order valence-electron chi connectivity index (χ1n) is 9.88. The van der Waals surface area contributed by atoms with Gasteiger partial charge in [0.15, 0.2) is 0 Å². The molecule has 0 aromatic rings. The Hall–Kier alpha value is 0.640. The predicted octanol–water partition coefficient (Wildman–Crippen LogP) is 7.73. The molecule has 4 heteroatoms. The molecule has 0 aromatic carbocycles. The molecule has 0 aliphatic heterocycles. The normalized spacial score (nSPS) is 17.0. The van der Waals surface area contributed by atoms with E-state index in [1.54, 1.807) is 22.3 Å². The fourth-order valence-electron chi connectivity index (χ4n) is 4.29. The molecule has 0 bridgehead atoms. The minimum absolute atomic E-state index is 0. The fourth-order valence-corrected chi connectivity index (χ4v) is 25.0. The average molecular weight is 494 g/mol. The van der Waals surface area contributed by atoms with Crippen LogP contribution in [0.4, 0.5) is 0 Å². The van der Waals surface area contributed by atoms with E-state index in [0.29, 0.717) is 0 Å². The minimum Gasteiger partial charge on any atom is -0.147 e. The van der Waals surface area contributed by atoms with Crippen LogP contribution in [0.25, 0.3) is 0 Å². The molecule has 149 valence electrons. The zero-order chi connectivity index (χ0) is 18.0. The van der Waals surface area contributed by atoms with Crippen LogP contribution in [0.3, 0.4) is 0 Å². The quantitative estimate of drug-likeness (QED) is 0.318. The largest absolute Gasteiger partial charge is 0.147 e. The first-order valence-corrected chi connectivity index (χ1v) is 19.5. The maximum absolute atomic E-state index is 2.65. The predicted molar refractivity (Wildman–Crippen MR) is 123 cm³/mol. The van der Waals surface area contributed by atoms with E-state index in [1.807, 2.05) is 6.56 Å². The SMILES string of the molecule is CC1=CC[C]([Zr]([C]2=C(CC(C)C)C(C)=CC2)[SiH](C)C)=C1CC(C)C.Cl.Cl. The van der Waals surface area contributed by atoms with Crippen LogP contribution in [-0.4, -0.2) is 5.92 Å². The van der Waals surface area contributed by atoms with Crippen LogP contribution >= 0.6 is 24.8 Å². The molecule has 26 heavy (non-hydrogen) atoms. The summed E-state index contributed by atoms with van der Waals surface area (Å²) >= 11 is -1.64. The van der Waals surface area contributed by atoms with Gasteiger partial charge in [-0.2, -0.15) is 0 Å². The van der Waals surface area contributed by atoms with Gasteiger partial charge < -0.3 is 0 Å². The Morgan fingerprint density at radius 1 is 0.808 bits per heavy atom. The topological polar surface area (TPSA) is 0 Å². The second-order valence-corrected chi connectivity index (χ2v) is 28.1. The van der Waals surface area contributed by atoms with Crippen molar-refractivity contribution in [2.75, 3.05) is 0 Å². The van der Waals surface area contributed by atoms with Gasteiger partial charge in [0.05, 0.1) is 0 Å². The molecular weight excluding hydrogens is 454 g/mol. The van der Waals surface area contributed by atoms with Crippen molar-refractivity contribution >= 4 is 30.7 Å². The Morgan fingerprint density at radius 3 is 1.42 bits per heavy atom. The van der Waals surface area contributed by atoms with E-state index in [0.717, 1.165) is 11.8 Å². The summed E-state index contributed by atoms with van der Waals surface area (Å²) in [5.41, 5.74) is 6.81. The number of hydrogen-bond acceptors (Lipinski definition) is 0. The molecule has 2 rings (SSSR count). The van der Waals surface area contributed by atoms with Gasteiger partial charge in [-0.3, -0.25) is 0 Å². The summed E-state index contributed by atoms with van der Waals surface area (Å²) in [7, 11) is 0. The molecule has 0 unspecified atom stereocenters. The summed E-state index contributed by atoms with van der Waals surface area (Å²) < 4.78 is 3.98. The Balaban J connectivity index is 0.00000312. The number of rotatable bonds is 7. The molecule has 0 aromatic heterocycles. The molecule has 0 nitrogen and oxygen atoms in total. The van der Waals surface area contributed by atoms with Crippen LogP contribution < -0.4 is 0 Å². The molecule has 0 saturated carbocycles. The number of halogens is 2. The molecule has 0 heterocycles. The third-order valence-electron chi connectivity index (χ3n) is 5.36. The summed E-state index contributed by atoms with van der Waals surface area (Å²) in [5.74, 6) is 0.960. The Bertz CT molecular complexity index is 560. The van der Waals surface area contributed by atoms with Crippen LogP contribution in [0.5, 0.6) is 0 Å². The van der Waals surface area contributed by atoms with E-state index in [2.05, 4.69) is 66.8 Å². The smallest absolute Gasteiger partial charge is 0.147 e. The van der Waals surface area contributed by atoms with Crippen molar-refractivity contribution < 1.29 is 20.9 Å². The monoisotopic (exact) mass is 491 g/mol. The second kappa shape index (κ2) is 11.6. The first-order chi connectivity index (χ1) is 11.2. The summed E-state index contributed by atoms with van der Waals surface area (Å²) in [6.07, 6.45) is 10.3. The molecule has 0 saturated heterocycles.